The van der Waals surface area contributed by atoms with Crippen LogP contribution in [0.5, 0.6) is 5.75 Å². The molecule has 124 valence electrons. The number of para-hydroxylation sites is 1. The molecular weight excluding hydrogens is 274 g/mol. The Morgan fingerprint density at radius 2 is 1.82 bits per heavy atom. The Kier molecular flexibility index (Phi) is 6.27. The molecule has 0 aromatic heterocycles. The molecule has 0 bridgehead atoms. The van der Waals surface area contributed by atoms with Crippen LogP contribution < -0.4 is 4.74 Å². The summed E-state index contributed by atoms with van der Waals surface area (Å²) in [6, 6.07) is 8.12. The molecule has 1 aromatic carbocycles. The van der Waals surface area contributed by atoms with E-state index in [4.69, 9.17) is 4.74 Å². The third-order valence-electron chi connectivity index (χ3n) is 4.39. The van der Waals surface area contributed by atoms with E-state index in [0.717, 1.165) is 30.7 Å². The lowest BCUT2D eigenvalue weighted by Crippen LogP contribution is -2.44. The van der Waals surface area contributed by atoms with E-state index in [1.807, 2.05) is 18.2 Å². The molecule has 1 aromatic rings. The van der Waals surface area contributed by atoms with Crippen LogP contribution in [0.2, 0.25) is 0 Å². The zero-order chi connectivity index (χ0) is 16.1. The van der Waals surface area contributed by atoms with Crippen LogP contribution in [-0.4, -0.2) is 42.4 Å². The fourth-order valence-electron chi connectivity index (χ4n) is 3.57. The highest BCUT2D eigenvalue weighted by atomic mass is 16.5. The van der Waals surface area contributed by atoms with E-state index in [9.17, 15) is 5.11 Å². The number of aliphatic hydroxyl groups is 1. The molecule has 3 nitrogen and oxygen atoms in total. The molecule has 1 aliphatic rings. The maximum Gasteiger partial charge on any atom is 0.122 e. The van der Waals surface area contributed by atoms with Crippen molar-refractivity contribution >= 4 is 0 Å². The molecule has 22 heavy (non-hydrogen) atoms. The maximum atomic E-state index is 10.3. The number of rotatable bonds is 6. The zero-order valence-electron chi connectivity index (χ0n) is 14.5. The van der Waals surface area contributed by atoms with E-state index >= 15 is 0 Å². The van der Waals surface area contributed by atoms with Crippen LogP contribution in [0.1, 0.15) is 45.6 Å². The van der Waals surface area contributed by atoms with Gasteiger partial charge >= 0.3 is 0 Å². The Balaban J connectivity index is 1.84. The van der Waals surface area contributed by atoms with Gasteiger partial charge in [-0.25, -0.2) is 0 Å². The summed E-state index contributed by atoms with van der Waals surface area (Å²) in [4.78, 5) is 2.38. The van der Waals surface area contributed by atoms with Crippen molar-refractivity contribution in [3.8, 4) is 5.75 Å². The molecule has 0 aliphatic carbocycles. The van der Waals surface area contributed by atoms with Crippen molar-refractivity contribution in [2.45, 2.75) is 46.1 Å². The Morgan fingerprint density at radius 3 is 2.45 bits per heavy atom. The van der Waals surface area contributed by atoms with Crippen LogP contribution in [0.4, 0.5) is 0 Å². The molecule has 3 unspecified atom stereocenters. The number of β-amino-alcohol motifs (C(OH)–C–C–N with tert-alkyl or cyclic N) is 1. The fourth-order valence-corrected chi connectivity index (χ4v) is 3.57. The summed E-state index contributed by atoms with van der Waals surface area (Å²) in [6.45, 7) is 12.2. The number of nitrogens with zero attached hydrogens (tertiary/aromatic N) is 1. The van der Waals surface area contributed by atoms with E-state index in [0.29, 0.717) is 19.1 Å². The van der Waals surface area contributed by atoms with Crippen molar-refractivity contribution in [3.63, 3.8) is 0 Å². The highest BCUT2D eigenvalue weighted by molar-refractivity contribution is 5.35. The normalized spacial score (nSPS) is 24.5. The van der Waals surface area contributed by atoms with Gasteiger partial charge in [-0.3, -0.25) is 0 Å². The summed E-state index contributed by atoms with van der Waals surface area (Å²) in [5.74, 6) is 2.77. The van der Waals surface area contributed by atoms with Gasteiger partial charge in [-0.2, -0.15) is 0 Å². The molecule has 0 spiro atoms. The van der Waals surface area contributed by atoms with E-state index in [2.05, 4.69) is 38.7 Å². The Hall–Kier alpha value is -1.06. The minimum absolute atomic E-state index is 0.364. The van der Waals surface area contributed by atoms with Crippen LogP contribution in [0.15, 0.2) is 24.3 Å². The number of hydrogen-bond acceptors (Lipinski definition) is 3. The summed E-state index contributed by atoms with van der Waals surface area (Å²) in [5, 5.41) is 10.3. The Morgan fingerprint density at radius 1 is 1.18 bits per heavy atom. The minimum atomic E-state index is -0.433. The molecule has 1 saturated heterocycles. The maximum absolute atomic E-state index is 10.3. The standard InChI is InChI=1S/C19H31NO2/c1-14(2)18-7-5-6-8-19(18)22-13-17(21)12-20-10-15(3)9-16(4)11-20/h5-8,14-17,21H,9-13H2,1-4H3. The Labute approximate surface area is 135 Å². The molecule has 1 heterocycles. The number of benzene rings is 1. The van der Waals surface area contributed by atoms with Gasteiger partial charge in [0.1, 0.15) is 18.5 Å². The van der Waals surface area contributed by atoms with Gasteiger partial charge < -0.3 is 14.7 Å². The van der Waals surface area contributed by atoms with Crippen LogP contribution in [0.3, 0.4) is 0 Å². The smallest absolute Gasteiger partial charge is 0.122 e. The lowest BCUT2D eigenvalue weighted by atomic mass is 9.92. The predicted octanol–water partition coefficient (Wildman–Crippen LogP) is 3.53. The molecule has 0 radical (unpaired) electrons. The third-order valence-corrected chi connectivity index (χ3v) is 4.39. The fraction of sp³-hybridized carbons (Fsp3) is 0.684. The topological polar surface area (TPSA) is 32.7 Å². The number of likely N-dealkylation sites (tertiary alicyclic amines) is 1. The summed E-state index contributed by atoms with van der Waals surface area (Å²) < 4.78 is 5.88. The molecule has 0 saturated carbocycles. The molecule has 1 fully saturated rings. The largest absolute Gasteiger partial charge is 0.491 e. The summed E-state index contributed by atoms with van der Waals surface area (Å²) in [6.07, 6.45) is 0.864. The van der Waals surface area contributed by atoms with Crippen LogP contribution in [-0.2, 0) is 0 Å². The molecule has 3 heteroatoms. The quantitative estimate of drug-likeness (QED) is 0.873. The highest BCUT2D eigenvalue weighted by Gasteiger charge is 2.23. The van der Waals surface area contributed by atoms with Gasteiger partial charge in [0.25, 0.3) is 0 Å². The third kappa shape index (κ3) is 4.99. The van der Waals surface area contributed by atoms with Gasteiger partial charge in [0.15, 0.2) is 0 Å². The van der Waals surface area contributed by atoms with Gasteiger partial charge in [-0.15, -0.1) is 0 Å². The van der Waals surface area contributed by atoms with Gasteiger partial charge in [0.05, 0.1) is 0 Å². The SMILES string of the molecule is CC1CC(C)CN(CC(O)COc2ccccc2C(C)C)C1. The van der Waals surface area contributed by atoms with E-state index < -0.39 is 6.10 Å². The molecular formula is C19H31NO2. The zero-order valence-corrected chi connectivity index (χ0v) is 14.5. The van der Waals surface area contributed by atoms with E-state index in [1.54, 1.807) is 0 Å². The van der Waals surface area contributed by atoms with Crippen molar-refractivity contribution in [3.05, 3.63) is 29.8 Å². The van der Waals surface area contributed by atoms with Crippen molar-refractivity contribution < 1.29 is 9.84 Å². The second-order valence-electron chi connectivity index (χ2n) is 7.32. The number of aliphatic hydroxyl groups excluding tert-OH is 1. The first-order chi connectivity index (χ1) is 10.5. The lowest BCUT2D eigenvalue weighted by molar-refractivity contribution is 0.0426. The second-order valence-corrected chi connectivity index (χ2v) is 7.32. The number of piperidine rings is 1. The molecule has 1 N–H and O–H groups in total. The first kappa shape index (κ1) is 17.3. The van der Waals surface area contributed by atoms with Crippen LogP contribution >= 0.6 is 0 Å². The highest BCUT2D eigenvalue weighted by Crippen LogP contribution is 2.26. The lowest BCUT2D eigenvalue weighted by Gasteiger charge is -2.36. The first-order valence-corrected chi connectivity index (χ1v) is 8.57. The monoisotopic (exact) mass is 305 g/mol. The second kappa shape index (κ2) is 7.98. The van der Waals surface area contributed by atoms with Crippen molar-refractivity contribution in [1.82, 2.24) is 4.90 Å². The van der Waals surface area contributed by atoms with E-state index in [1.165, 1.54) is 12.0 Å². The molecule has 3 atom stereocenters. The average Bonchev–Trinajstić information content (AvgIpc) is 2.44. The minimum Gasteiger partial charge on any atom is -0.491 e. The summed E-state index contributed by atoms with van der Waals surface area (Å²) in [5.41, 5.74) is 1.20. The van der Waals surface area contributed by atoms with Crippen molar-refractivity contribution in [2.24, 2.45) is 11.8 Å². The first-order valence-electron chi connectivity index (χ1n) is 8.57. The van der Waals surface area contributed by atoms with Crippen LogP contribution in [0.25, 0.3) is 0 Å². The predicted molar refractivity (Wildman–Crippen MR) is 91.4 cm³/mol. The number of ether oxygens (including phenoxy) is 1. The van der Waals surface area contributed by atoms with E-state index in [-0.39, 0.29) is 0 Å². The van der Waals surface area contributed by atoms with Crippen LogP contribution in [0, 0.1) is 11.8 Å². The van der Waals surface area contributed by atoms with Crippen molar-refractivity contribution in [2.75, 3.05) is 26.2 Å². The molecule has 0 amide bonds. The average molecular weight is 305 g/mol. The van der Waals surface area contributed by atoms with Crippen molar-refractivity contribution in [1.29, 1.82) is 0 Å². The molecule has 1 aliphatic heterocycles. The molecule has 2 rings (SSSR count). The number of hydrogen-bond donors (Lipinski definition) is 1. The van der Waals surface area contributed by atoms with Gasteiger partial charge in [-0.1, -0.05) is 45.9 Å². The van der Waals surface area contributed by atoms with Gasteiger partial charge in [0.2, 0.25) is 0 Å². The summed E-state index contributed by atoms with van der Waals surface area (Å²) in [7, 11) is 0. The van der Waals surface area contributed by atoms with Gasteiger partial charge in [0, 0.05) is 19.6 Å². The van der Waals surface area contributed by atoms with Gasteiger partial charge in [-0.05, 0) is 35.8 Å². The summed E-state index contributed by atoms with van der Waals surface area (Å²) >= 11 is 0. The Bertz CT molecular complexity index is 451.